The summed E-state index contributed by atoms with van der Waals surface area (Å²) in [6, 6.07) is 1.68. The van der Waals surface area contributed by atoms with Gasteiger partial charge in [-0.25, -0.2) is 13.2 Å². The molecule has 21 heavy (non-hydrogen) atoms. The lowest BCUT2D eigenvalue weighted by atomic mass is 10.2. The minimum absolute atomic E-state index is 0.0635. The highest BCUT2D eigenvalue weighted by Gasteiger charge is 2.36. The number of rotatable bonds is 3. The van der Waals surface area contributed by atoms with Gasteiger partial charge >= 0.3 is 5.97 Å². The number of hydrogen-bond donors (Lipinski definition) is 1. The molecule has 0 saturated carbocycles. The standard InChI is InChI=1S/C13H18N2O4S2/c16-13(17)12-11(4-8-20-12)21(18,19)15-7-2-6-14-5-1-3-10(14)9-15/h4,8,10H,1-3,5-7,9H2,(H,16,17). The van der Waals surface area contributed by atoms with Crippen LogP contribution in [0, 0.1) is 0 Å². The van der Waals surface area contributed by atoms with Crippen LogP contribution >= 0.6 is 11.3 Å². The second kappa shape index (κ2) is 5.68. The Hall–Kier alpha value is -0.960. The Morgan fingerprint density at radius 3 is 2.81 bits per heavy atom. The number of hydrogen-bond acceptors (Lipinski definition) is 5. The molecule has 2 aliphatic rings. The van der Waals surface area contributed by atoms with E-state index in [1.54, 1.807) is 0 Å². The Morgan fingerprint density at radius 2 is 2.05 bits per heavy atom. The molecule has 6 nitrogen and oxygen atoms in total. The number of carboxylic acid groups (broad SMARTS) is 1. The topological polar surface area (TPSA) is 77.9 Å². The van der Waals surface area contributed by atoms with Gasteiger partial charge in [-0.15, -0.1) is 11.3 Å². The Morgan fingerprint density at radius 1 is 1.29 bits per heavy atom. The minimum Gasteiger partial charge on any atom is -0.477 e. The summed E-state index contributed by atoms with van der Waals surface area (Å²) in [5.41, 5.74) is 0. The highest BCUT2D eigenvalue weighted by molar-refractivity contribution is 7.89. The normalized spacial score (nSPS) is 24.7. The maximum Gasteiger partial charge on any atom is 0.347 e. The second-order valence-electron chi connectivity index (χ2n) is 5.47. The van der Waals surface area contributed by atoms with Crippen LogP contribution in [0.3, 0.4) is 0 Å². The zero-order valence-corrected chi connectivity index (χ0v) is 13.2. The fourth-order valence-electron chi connectivity index (χ4n) is 3.19. The van der Waals surface area contributed by atoms with Crippen LogP contribution in [0.25, 0.3) is 0 Å². The molecule has 2 aliphatic heterocycles. The highest BCUT2D eigenvalue weighted by atomic mass is 32.2. The average molecular weight is 330 g/mol. The van der Waals surface area contributed by atoms with E-state index in [9.17, 15) is 13.2 Å². The van der Waals surface area contributed by atoms with Gasteiger partial charge < -0.3 is 5.11 Å². The van der Waals surface area contributed by atoms with Crippen LogP contribution in [0.5, 0.6) is 0 Å². The molecule has 2 fully saturated rings. The molecule has 0 radical (unpaired) electrons. The third kappa shape index (κ3) is 2.73. The first kappa shape index (κ1) is 15.0. The summed E-state index contributed by atoms with van der Waals surface area (Å²) in [4.78, 5) is 13.4. The minimum atomic E-state index is -3.72. The van der Waals surface area contributed by atoms with Gasteiger partial charge in [-0.1, -0.05) is 0 Å². The molecule has 0 aliphatic carbocycles. The lowest BCUT2D eigenvalue weighted by molar-refractivity contribution is 0.0698. The summed E-state index contributed by atoms with van der Waals surface area (Å²) in [5.74, 6) is -1.18. The van der Waals surface area contributed by atoms with E-state index in [1.165, 1.54) is 15.8 Å². The predicted molar refractivity (Wildman–Crippen MR) is 79.2 cm³/mol. The van der Waals surface area contributed by atoms with E-state index in [-0.39, 0.29) is 15.8 Å². The second-order valence-corrected chi connectivity index (χ2v) is 8.29. The molecule has 0 spiro atoms. The predicted octanol–water partition coefficient (Wildman–Crippen LogP) is 1.31. The average Bonchev–Trinajstić information content (AvgIpc) is 3.04. The molecule has 1 unspecified atom stereocenters. The Labute approximate surface area is 128 Å². The monoisotopic (exact) mass is 330 g/mol. The summed E-state index contributed by atoms with van der Waals surface area (Å²) < 4.78 is 27.0. The SMILES string of the molecule is O=C(O)c1sccc1S(=O)(=O)N1CCCN2CCCC2C1. The van der Waals surface area contributed by atoms with Crippen LogP contribution < -0.4 is 0 Å². The van der Waals surface area contributed by atoms with Gasteiger partial charge in [0.25, 0.3) is 0 Å². The largest absolute Gasteiger partial charge is 0.477 e. The molecular weight excluding hydrogens is 312 g/mol. The molecular formula is C13H18N2O4S2. The molecule has 1 aromatic heterocycles. The van der Waals surface area contributed by atoms with Gasteiger partial charge in [0.2, 0.25) is 10.0 Å². The third-order valence-electron chi connectivity index (χ3n) is 4.21. The lowest BCUT2D eigenvalue weighted by Gasteiger charge is -2.25. The van der Waals surface area contributed by atoms with E-state index < -0.39 is 16.0 Å². The summed E-state index contributed by atoms with van der Waals surface area (Å²) in [5, 5.41) is 10.7. The van der Waals surface area contributed by atoms with E-state index in [2.05, 4.69) is 4.90 Å². The highest BCUT2D eigenvalue weighted by Crippen LogP contribution is 2.29. The van der Waals surface area contributed by atoms with Crippen molar-refractivity contribution in [3.8, 4) is 0 Å². The number of sulfonamides is 1. The fraction of sp³-hybridized carbons (Fsp3) is 0.615. The van der Waals surface area contributed by atoms with Crippen LogP contribution in [-0.2, 0) is 10.0 Å². The van der Waals surface area contributed by atoms with Crippen LogP contribution in [0.2, 0.25) is 0 Å². The molecule has 2 saturated heterocycles. The quantitative estimate of drug-likeness (QED) is 0.904. The molecule has 1 N–H and O–H groups in total. The number of fused-ring (bicyclic) bond motifs is 1. The van der Waals surface area contributed by atoms with Crippen molar-refractivity contribution in [2.24, 2.45) is 0 Å². The van der Waals surface area contributed by atoms with E-state index in [1.807, 2.05) is 0 Å². The van der Waals surface area contributed by atoms with Crippen molar-refractivity contribution in [2.75, 3.05) is 26.2 Å². The van der Waals surface area contributed by atoms with Gasteiger partial charge in [-0.3, -0.25) is 4.90 Å². The van der Waals surface area contributed by atoms with Crippen molar-refractivity contribution in [2.45, 2.75) is 30.2 Å². The number of carboxylic acids is 1. The molecule has 0 amide bonds. The van der Waals surface area contributed by atoms with Crippen molar-refractivity contribution in [1.82, 2.24) is 9.21 Å². The van der Waals surface area contributed by atoms with Gasteiger partial charge in [0.15, 0.2) is 0 Å². The molecule has 8 heteroatoms. The van der Waals surface area contributed by atoms with Crippen molar-refractivity contribution >= 4 is 27.3 Å². The van der Waals surface area contributed by atoms with Crippen molar-refractivity contribution < 1.29 is 18.3 Å². The maximum atomic E-state index is 12.8. The Bertz CT molecular complexity index is 640. The Kier molecular flexibility index (Phi) is 4.04. The van der Waals surface area contributed by atoms with E-state index >= 15 is 0 Å². The zero-order valence-electron chi connectivity index (χ0n) is 11.6. The van der Waals surface area contributed by atoms with Gasteiger partial charge in [0.1, 0.15) is 9.77 Å². The van der Waals surface area contributed by atoms with Crippen molar-refractivity contribution in [3.05, 3.63) is 16.3 Å². The number of carbonyl (C=O) groups is 1. The lowest BCUT2D eigenvalue weighted by Crippen LogP contribution is -2.39. The van der Waals surface area contributed by atoms with E-state index in [0.29, 0.717) is 13.1 Å². The van der Waals surface area contributed by atoms with Gasteiger partial charge in [-0.2, -0.15) is 4.31 Å². The molecule has 0 bridgehead atoms. The first-order valence-corrected chi connectivity index (χ1v) is 9.37. The number of thiophene rings is 1. The van der Waals surface area contributed by atoms with Crippen LogP contribution in [-0.4, -0.2) is 60.9 Å². The molecule has 1 atom stereocenters. The molecule has 0 aromatic carbocycles. The van der Waals surface area contributed by atoms with Gasteiger partial charge in [0, 0.05) is 19.1 Å². The molecule has 1 aromatic rings. The molecule has 116 valence electrons. The van der Waals surface area contributed by atoms with Gasteiger partial charge in [0.05, 0.1) is 0 Å². The first-order valence-electron chi connectivity index (χ1n) is 7.05. The number of aromatic carboxylic acids is 1. The van der Waals surface area contributed by atoms with Crippen LogP contribution in [0.4, 0.5) is 0 Å². The molecule has 3 rings (SSSR count). The summed E-state index contributed by atoms with van der Waals surface area (Å²) in [7, 11) is -3.72. The zero-order chi connectivity index (χ0) is 15.0. The van der Waals surface area contributed by atoms with E-state index in [4.69, 9.17) is 5.11 Å². The molecule has 3 heterocycles. The number of nitrogens with zero attached hydrogens (tertiary/aromatic N) is 2. The Balaban J connectivity index is 1.90. The summed E-state index contributed by atoms with van der Waals surface area (Å²) in [6.07, 6.45) is 2.92. The maximum absolute atomic E-state index is 12.8. The van der Waals surface area contributed by atoms with Crippen molar-refractivity contribution in [3.63, 3.8) is 0 Å². The van der Waals surface area contributed by atoms with Crippen LogP contribution in [0.1, 0.15) is 28.9 Å². The van der Waals surface area contributed by atoms with Gasteiger partial charge in [-0.05, 0) is 43.8 Å². The summed E-state index contributed by atoms with van der Waals surface area (Å²) in [6.45, 7) is 2.89. The first-order chi connectivity index (χ1) is 10.00. The third-order valence-corrected chi connectivity index (χ3v) is 7.15. The van der Waals surface area contributed by atoms with Crippen LogP contribution in [0.15, 0.2) is 16.3 Å². The smallest absolute Gasteiger partial charge is 0.347 e. The summed E-state index contributed by atoms with van der Waals surface area (Å²) >= 11 is 0.957. The fourth-order valence-corrected chi connectivity index (χ4v) is 5.94. The van der Waals surface area contributed by atoms with E-state index in [0.717, 1.165) is 43.7 Å². The van der Waals surface area contributed by atoms with Crippen molar-refractivity contribution in [1.29, 1.82) is 0 Å².